The number of imide groups is 1. The topological polar surface area (TPSA) is 92.8 Å². The van der Waals surface area contributed by atoms with Gasteiger partial charge >= 0.3 is 5.97 Å². The number of nitrogens with zero attached hydrogens (tertiary/aromatic N) is 1. The Hall–Kier alpha value is -1.92. The lowest BCUT2D eigenvalue weighted by molar-refractivity contribution is -0.154. The predicted molar refractivity (Wildman–Crippen MR) is 74.0 cm³/mol. The van der Waals surface area contributed by atoms with Crippen LogP contribution in [0.15, 0.2) is 0 Å². The molecule has 0 spiro atoms. The highest BCUT2D eigenvalue weighted by molar-refractivity contribution is 6.02. The van der Waals surface area contributed by atoms with Crippen LogP contribution in [0.5, 0.6) is 0 Å². The number of carbonyl (C=O) groups is 4. The van der Waals surface area contributed by atoms with Gasteiger partial charge in [-0.2, -0.15) is 0 Å². The fourth-order valence-electron chi connectivity index (χ4n) is 1.87. The SMILES string of the molecule is CC(C)(C)OC(=O)CCNC(=O)CCN1C(=O)CCC1=O. The van der Waals surface area contributed by atoms with Crippen LogP contribution in [0.3, 0.4) is 0 Å². The Labute approximate surface area is 124 Å². The molecular weight excluding hydrogens is 276 g/mol. The van der Waals surface area contributed by atoms with E-state index in [0.29, 0.717) is 0 Å². The van der Waals surface area contributed by atoms with Crippen molar-refractivity contribution in [3.63, 3.8) is 0 Å². The first-order valence-electron chi connectivity index (χ1n) is 7.01. The number of carbonyl (C=O) groups excluding carboxylic acids is 4. The lowest BCUT2D eigenvalue weighted by Gasteiger charge is -2.19. The van der Waals surface area contributed by atoms with E-state index in [-0.39, 0.29) is 62.5 Å². The van der Waals surface area contributed by atoms with Crippen LogP contribution in [-0.2, 0) is 23.9 Å². The first-order valence-corrected chi connectivity index (χ1v) is 7.01. The van der Waals surface area contributed by atoms with Crippen LogP contribution < -0.4 is 5.32 Å². The second kappa shape index (κ2) is 7.19. The monoisotopic (exact) mass is 298 g/mol. The Morgan fingerprint density at radius 3 is 2.24 bits per heavy atom. The Balaban J connectivity index is 2.18. The molecule has 0 aliphatic carbocycles. The molecule has 0 atom stereocenters. The zero-order valence-corrected chi connectivity index (χ0v) is 12.7. The third-order valence-electron chi connectivity index (χ3n) is 2.79. The predicted octanol–water partition coefficient (Wildman–Crippen LogP) is 0.373. The summed E-state index contributed by atoms with van der Waals surface area (Å²) in [4.78, 5) is 46.8. The highest BCUT2D eigenvalue weighted by Crippen LogP contribution is 2.11. The maximum absolute atomic E-state index is 11.6. The number of hydrogen-bond acceptors (Lipinski definition) is 5. The third-order valence-corrected chi connectivity index (χ3v) is 2.79. The maximum atomic E-state index is 11.6. The molecule has 1 aliphatic heterocycles. The van der Waals surface area contributed by atoms with Gasteiger partial charge < -0.3 is 10.1 Å². The van der Waals surface area contributed by atoms with Gasteiger partial charge in [-0.05, 0) is 20.8 Å². The highest BCUT2D eigenvalue weighted by atomic mass is 16.6. The molecule has 0 aromatic heterocycles. The second-order valence-corrected chi connectivity index (χ2v) is 5.88. The van der Waals surface area contributed by atoms with Gasteiger partial charge in [0.1, 0.15) is 5.60 Å². The average molecular weight is 298 g/mol. The first-order chi connectivity index (χ1) is 9.69. The van der Waals surface area contributed by atoms with E-state index < -0.39 is 5.60 Å². The fraction of sp³-hybridized carbons (Fsp3) is 0.714. The van der Waals surface area contributed by atoms with Crippen LogP contribution in [0.2, 0.25) is 0 Å². The minimum atomic E-state index is -0.544. The smallest absolute Gasteiger partial charge is 0.308 e. The number of likely N-dealkylation sites (tertiary alicyclic amines) is 1. The van der Waals surface area contributed by atoms with Crippen molar-refractivity contribution >= 4 is 23.7 Å². The number of ether oxygens (including phenoxy) is 1. The van der Waals surface area contributed by atoms with Gasteiger partial charge in [0.05, 0.1) is 6.42 Å². The third kappa shape index (κ3) is 6.37. The van der Waals surface area contributed by atoms with Crippen LogP contribution in [0.25, 0.3) is 0 Å². The highest BCUT2D eigenvalue weighted by Gasteiger charge is 2.28. The van der Waals surface area contributed by atoms with E-state index >= 15 is 0 Å². The van der Waals surface area contributed by atoms with E-state index in [1.54, 1.807) is 20.8 Å². The van der Waals surface area contributed by atoms with Crippen LogP contribution in [0.1, 0.15) is 46.5 Å². The Morgan fingerprint density at radius 1 is 1.14 bits per heavy atom. The normalized spacial score (nSPS) is 15.3. The largest absolute Gasteiger partial charge is 0.460 e. The molecule has 0 bridgehead atoms. The van der Waals surface area contributed by atoms with Crippen molar-refractivity contribution < 1.29 is 23.9 Å². The van der Waals surface area contributed by atoms with Gasteiger partial charge in [0, 0.05) is 32.4 Å². The number of hydrogen-bond donors (Lipinski definition) is 1. The quantitative estimate of drug-likeness (QED) is 0.565. The van der Waals surface area contributed by atoms with Gasteiger partial charge in [-0.25, -0.2) is 0 Å². The summed E-state index contributed by atoms with van der Waals surface area (Å²) in [5.74, 6) is -1.15. The number of nitrogens with one attached hydrogen (secondary N) is 1. The molecule has 21 heavy (non-hydrogen) atoms. The standard InChI is InChI=1S/C14H22N2O5/c1-14(2,3)21-13(20)6-8-15-10(17)7-9-16-11(18)4-5-12(16)19/h4-9H2,1-3H3,(H,15,17). The van der Waals surface area contributed by atoms with Crippen molar-refractivity contribution in [2.24, 2.45) is 0 Å². The molecule has 1 fully saturated rings. The van der Waals surface area contributed by atoms with Gasteiger partial charge in [0.15, 0.2) is 0 Å². The van der Waals surface area contributed by atoms with Crippen molar-refractivity contribution in [2.45, 2.75) is 52.1 Å². The lowest BCUT2D eigenvalue weighted by atomic mass is 10.2. The summed E-state index contributed by atoms with van der Waals surface area (Å²) in [7, 11) is 0. The minimum absolute atomic E-state index is 0.0474. The number of amides is 3. The van der Waals surface area contributed by atoms with Crippen LogP contribution >= 0.6 is 0 Å². The molecule has 1 N–H and O–H groups in total. The molecule has 118 valence electrons. The maximum Gasteiger partial charge on any atom is 0.308 e. The Morgan fingerprint density at radius 2 is 1.71 bits per heavy atom. The van der Waals surface area contributed by atoms with E-state index in [0.717, 1.165) is 4.90 Å². The van der Waals surface area contributed by atoms with Crippen molar-refractivity contribution in [3.05, 3.63) is 0 Å². The van der Waals surface area contributed by atoms with Crippen LogP contribution in [0, 0.1) is 0 Å². The van der Waals surface area contributed by atoms with Crippen molar-refractivity contribution in [2.75, 3.05) is 13.1 Å². The molecule has 1 rings (SSSR count). The first kappa shape index (κ1) is 17.1. The lowest BCUT2D eigenvalue weighted by Crippen LogP contribution is -2.35. The summed E-state index contributed by atoms with van der Waals surface area (Å²) in [6, 6.07) is 0. The fourth-order valence-corrected chi connectivity index (χ4v) is 1.87. The van der Waals surface area contributed by atoms with E-state index in [1.807, 2.05) is 0 Å². The summed E-state index contributed by atoms with van der Waals surface area (Å²) in [6.07, 6.45) is 0.578. The molecule has 1 saturated heterocycles. The van der Waals surface area contributed by atoms with Crippen LogP contribution in [0.4, 0.5) is 0 Å². The summed E-state index contributed by atoms with van der Waals surface area (Å²) < 4.78 is 5.10. The van der Waals surface area contributed by atoms with Gasteiger partial charge in [-0.3, -0.25) is 24.1 Å². The second-order valence-electron chi connectivity index (χ2n) is 5.88. The van der Waals surface area contributed by atoms with Crippen molar-refractivity contribution in [3.8, 4) is 0 Å². The Kier molecular flexibility index (Phi) is 5.87. The van der Waals surface area contributed by atoms with E-state index in [9.17, 15) is 19.2 Å². The van der Waals surface area contributed by atoms with E-state index in [2.05, 4.69) is 5.32 Å². The molecule has 1 aliphatic rings. The number of esters is 1. The summed E-state index contributed by atoms with van der Waals surface area (Å²) in [5.41, 5.74) is -0.544. The van der Waals surface area contributed by atoms with Crippen molar-refractivity contribution in [1.29, 1.82) is 0 Å². The molecular formula is C14H22N2O5. The van der Waals surface area contributed by atoms with Gasteiger partial charge in [0.25, 0.3) is 0 Å². The molecule has 0 aromatic carbocycles. The zero-order chi connectivity index (χ0) is 16.0. The molecule has 7 nitrogen and oxygen atoms in total. The Bertz CT molecular complexity index is 423. The van der Waals surface area contributed by atoms with E-state index in [1.165, 1.54) is 0 Å². The zero-order valence-electron chi connectivity index (χ0n) is 12.7. The number of rotatable bonds is 6. The molecule has 3 amide bonds. The molecule has 0 unspecified atom stereocenters. The summed E-state index contributed by atoms with van der Waals surface area (Å²) in [5, 5.41) is 2.56. The van der Waals surface area contributed by atoms with Crippen LogP contribution in [-0.4, -0.2) is 47.3 Å². The molecule has 7 heteroatoms. The molecule has 0 radical (unpaired) electrons. The summed E-state index contributed by atoms with van der Waals surface area (Å²) >= 11 is 0. The van der Waals surface area contributed by atoms with Gasteiger partial charge in [-0.1, -0.05) is 0 Å². The van der Waals surface area contributed by atoms with Crippen molar-refractivity contribution in [1.82, 2.24) is 10.2 Å². The molecule has 1 heterocycles. The van der Waals surface area contributed by atoms with Gasteiger partial charge in [-0.15, -0.1) is 0 Å². The summed E-state index contributed by atoms with van der Waals surface area (Å²) in [6.45, 7) is 5.58. The molecule has 0 aromatic rings. The minimum Gasteiger partial charge on any atom is -0.460 e. The molecule has 0 saturated carbocycles. The van der Waals surface area contributed by atoms with E-state index in [4.69, 9.17) is 4.74 Å². The van der Waals surface area contributed by atoms with Gasteiger partial charge in [0.2, 0.25) is 17.7 Å². The average Bonchev–Trinajstić information content (AvgIpc) is 2.64.